The van der Waals surface area contributed by atoms with Gasteiger partial charge in [0, 0.05) is 12.1 Å². The Balaban J connectivity index is 2.08. The van der Waals surface area contributed by atoms with Gasteiger partial charge in [0.1, 0.15) is 11.5 Å². The molecule has 1 saturated heterocycles. The Morgan fingerprint density at radius 2 is 1.79 bits per heavy atom. The van der Waals surface area contributed by atoms with E-state index >= 15 is 0 Å². The van der Waals surface area contributed by atoms with E-state index in [2.05, 4.69) is 0 Å². The van der Waals surface area contributed by atoms with Crippen LogP contribution in [0.4, 0.5) is 0 Å². The first-order valence-electron chi connectivity index (χ1n) is 11.5. The minimum atomic E-state index is -0.646. The second-order valence-electron chi connectivity index (χ2n) is 8.89. The molecular weight excluding hydrogens is 416 g/mol. The SMILES string of the molecule is CCCOc1ccc(C2C(=C(O)c3cc(C)ccc3C)C(=O)C(=O)N2CCCN(C)C)cc1. The lowest BCUT2D eigenvalue weighted by Gasteiger charge is -2.26. The molecule has 0 saturated carbocycles. The third-order valence-electron chi connectivity index (χ3n) is 5.86. The molecular formula is C27H34N2O4. The summed E-state index contributed by atoms with van der Waals surface area (Å²) in [5.41, 5.74) is 3.31. The van der Waals surface area contributed by atoms with E-state index < -0.39 is 17.7 Å². The van der Waals surface area contributed by atoms with E-state index in [-0.39, 0.29) is 11.3 Å². The number of hydrogen-bond acceptors (Lipinski definition) is 5. The van der Waals surface area contributed by atoms with E-state index in [1.165, 1.54) is 0 Å². The molecule has 0 aromatic heterocycles. The number of nitrogens with zero attached hydrogens (tertiary/aromatic N) is 2. The van der Waals surface area contributed by atoms with Crippen molar-refractivity contribution in [2.45, 2.75) is 39.7 Å². The number of ether oxygens (including phenoxy) is 1. The van der Waals surface area contributed by atoms with Gasteiger partial charge in [0.15, 0.2) is 0 Å². The molecule has 1 atom stereocenters. The van der Waals surface area contributed by atoms with Crippen LogP contribution in [0.1, 0.15) is 48.1 Å². The number of ketones is 1. The average molecular weight is 451 g/mol. The Morgan fingerprint density at radius 3 is 2.42 bits per heavy atom. The van der Waals surface area contributed by atoms with E-state index in [1.807, 2.05) is 82.2 Å². The highest BCUT2D eigenvalue weighted by molar-refractivity contribution is 6.46. The molecule has 1 aliphatic rings. The van der Waals surface area contributed by atoms with Crippen molar-refractivity contribution in [3.63, 3.8) is 0 Å². The zero-order valence-electron chi connectivity index (χ0n) is 20.2. The van der Waals surface area contributed by atoms with Gasteiger partial charge >= 0.3 is 0 Å². The van der Waals surface area contributed by atoms with Crippen LogP contribution in [-0.2, 0) is 9.59 Å². The Labute approximate surface area is 196 Å². The van der Waals surface area contributed by atoms with Crippen molar-refractivity contribution in [2.75, 3.05) is 33.8 Å². The molecule has 0 spiro atoms. The first-order chi connectivity index (χ1) is 15.7. The molecule has 1 aliphatic heterocycles. The second kappa shape index (κ2) is 10.7. The molecule has 0 aliphatic carbocycles. The number of benzene rings is 2. The van der Waals surface area contributed by atoms with Crippen LogP contribution in [0.2, 0.25) is 0 Å². The van der Waals surface area contributed by atoms with Crippen molar-refractivity contribution < 1.29 is 19.4 Å². The minimum Gasteiger partial charge on any atom is -0.507 e. The van der Waals surface area contributed by atoms with Gasteiger partial charge in [-0.1, -0.05) is 36.8 Å². The third-order valence-corrected chi connectivity index (χ3v) is 5.86. The molecule has 1 N–H and O–H groups in total. The molecule has 33 heavy (non-hydrogen) atoms. The van der Waals surface area contributed by atoms with Crippen LogP contribution >= 0.6 is 0 Å². The minimum absolute atomic E-state index is 0.124. The van der Waals surface area contributed by atoms with Gasteiger partial charge in [0.2, 0.25) is 0 Å². The van der Waals surface area contributed by atoms with Gasteiger partial charge in [0.05, 0.1) is 18.2 Å². The van der Waals surface area contributed by atoms with Crippen LogP contribution in [-0.4, -0.2) is 60.4 Å². The van der Waals surface area contributed by atoms with Crippen LogP contribution in [0.15, 0.2) is 48.0 Å². The van der Waals surface area contributed by atoms with Gasteiger partial charge in [-0.15, -0.1) is 0 Å². The topological polar surface area (TPSA) is 70.1 Å². The van der Waals surface area contributed by atoms with Crippen molar-refractivity contribution in [1.29, 1.82) is 0 Å². The molecule has 1 unspecified atom stereocenters. The Morgan fingerprint density at radius 1 is 1.09 bits per heavy atom. The summed E-state index contributed by atoms with van der Waals surface area (Å²) in [6, 6.07) is 12.5. The zero-order chi connectivity index (χ0) is 24.1. The maximum absolute atomic E-state index is 13.2. The van der Waals surface area contributed by atoms with Crippen LogP contribution in [0, 0.1) is 13.8 Å². The molecule has 6 nitrogen and oxygen atoms in total. The number of Topliss-reactive ketones (excluding diaryl/α,β-unsaturated/α-hetero) is 1. The normalized spacial score (nSPS) is 17.8. The second-order valence-corrected chi connectivity index (χ2v) is 8.89. The number of carbonyl (C=O) groups excluding carboxylic acids is 2. The first-order valence-corrected chi connectivity index (χ1v) is 11.5. The van der Waals surface area contributed by atoms with Gasteiger partial charge in [-0.05, 0) is 76.7 Å². The van der Waals surface area contributed by atoms with Crippen molar-refractivity contribution in [2.24, 2.45) is 0 Å². The predicted molar refractivity (Wildman–Crippen MR) is 130 cm³/mol. The number of aliphatic hydroxyl groups is 1. The van der Waals surface area contributed by atoms with Crippen molar-refractivity contribution in [3.05, 3.63) is 70.3 Å². The summed E-state index contributed by atoms with van der Waals surface area (Å²) in [6.45, 7) is 7.69. The van der Waals surface area contributed by atoms with Crippen LogP contribution in [0.25, 0.3) is 5.76 Å². The number of hydrogen-bond donors (Lipinski definition) is 1. The number of carbonyl (C=O) groups is 2. The quantitative estimate of drug-likeness (QED) is 0.347. The number of rotatable bonds is 9. The summed E-state index contributed by atoms with van der Waals surface area (Å²) in [7, 11) is 3.95. The monoisotopic (exact) mass is 450 g/mol. The molecule has 3 rings (SSSR count). The zero-order valence-corrected chi connectivity index (χ0v) is 20.2. The van der Waals surface area contributed by atoms with Gasteiger partial charge in [0.25, 0.3) is 11.7 Å². The molecule has 1 amide bonds. The standard InChI is InChI=1S/C27H34N2O4/c1-6-16-33-21-12-10-20(11-13-21)24-23(25(30)22-17-18(2)8-9-19(22)3)26(31)27(32)29(24)15-7-14-28(4)5/h8-13,17,24,30H,6-7,14-16H2,1-5H3. The largest absolute Gasteiger partial charge is 0.507 e. The first kappa shape index (κ1) is 24.5. The molecule has 0 radical (unpaired) electrons. The van der Waals surface area contributed by atoms with Crippen molar-refractivity contribution in [3.8, 4) is 5.75 Å². The highest BCUT2D eigenvalue weighted by Gasteiger charge is 2.45. The maximum atomic E-state index is 13.2. The molecule has 2 aromatic carbocycles. The molecule has 176 valence electrons. The fraction of sp³-hybridized carbons (Fsp3) is 0.407. The Kier molecular flexibility index (Phi) is 7.92. The van der Waals surface area contributed by atoms with Crippen molar-refractivity contribution in [1.82, 2.24) is 9.80 Å². The summed E-state index contributed by atoms with van der Waals surface area (Å²) in [5.74, 6) is -0.604. The molecule has 0 bridgehead atoms. The van der Waals surface area contributed by atoms with E-state index in [0.29, 0.717) is 18.7 Å². The lowest BCUT2D eigenvalue weighted by atomic mass is 9.93. The lowest BCUT2D eigenvalue weighted by molar-refractivity contribution is -0.139. The van der Waals surface area contributed by atoms with Gasteiger partial charge < -0.3 is 19.6 Å². The third kappa shape index (κ3) is 5.45. The van der Waals surface area contributed by atoms with E-state index in [0.717, 1.165) is 41.8 Å². The molecule has 1 heterocycles. The molecule has 2 aromatic rings. The van der Waals surface area contributed by atoms with Gasteiger partial charge in [-0.2, -0.15) is 0 Å². The summed E-state index contributed by atoms with van der Waals surface area (Å²) in [5, 5.41) is 11.3. The van der Waals surface area contributed by atoms with E-state index in [9.17, 15) is 14.7 Å². The summed E-state index contributed by atoms with van der Waals surface area (Å²) < 4.78 is 5.69. The highest BCUT2D eigenvalue weighted by atomic mass is 16.5. The van der Waals surface area contributed by atoms with E-state index in [4.69, 9.17) is 4.74 Å². The Hall–Kier alpha value is -3.12. The van der Waals surface area contributed by atoms with Crippen LogP contribution in [0.5, 0.6) is 5.75 Å². The molecule has 1 fully saturated rings. The number of aryl methyl sites for hydroxylation is 2. The van der Waals surface area contributed by atoms with Gasteiger partial charge in [-0.3, -0.25) is 9.59 Å². The fourth-order valence-corrected chi connectivity index (χ4v) is 4.12. The van der Waals surface area contributed by atoms with Crippen molar-refractivity contribution >= 4 is 17.4 Å². The Bertz CT molecular complexity index is 1040. The van der Waals surface area contributed by atoms with E-state index in [1.54, 1.807) is 4.90 Å². The average Bonchev–Trinajstić information content (AvgIpc) is 3.04. The summed E-state index contributed by atoms with van der Waals surface area (Å²) in [4.78, 5) is 29.9. The number of aliphatic hydroxyl groups excluding tert-OH is 1. The van der Waals surface area contributed by atoms with Gasteiger partial charge in [-0.25, -0.2) is 0 Å². The fourth-order valence-electron chi connectivity index (χ4n) is 4.12. The molecule has 6 heteroatoms. The summed E-state index contributed by atoms with van der Waals surface area (Å²) >= 11 is 0. The predicted octanol–water partition coefficient (Wildman–Crippen LogP) is 4.47. The van der Waals surface area contributed by atoms with Crippen LogP contribution < -0.4 is 4.74 Å². The number of amides is 1. The smallest absolute Gasteiger partial charge is 0.295 e. The summed E-state index contributed by atoms with van der Waals surface area (Å²) in [6.07, 6.45) is 1.63. The lowest BCUT2D eigenvalue weighted by Crippen LogP contribution is -2.32. The number of likely N-dealkylation sites (tertiary alicyclic amines) is 1. The maximum Gasteiger partial charge on any atom is 0.295 e. The van der Waals surface area contributed by atoms with Crippen LogP contribution in [0.3, 0.4) is 0 Å². The highest BCUT2D eigenvalue weighted by Crippen LogP contribution is 2.40.